The number of fused-ring (bicyclic) bond motifs is 1. The van der Waals surface area contributed by atoms with E-state index >= 15 is 0 Å². The normalized spacial score (nSPS) is 16.6. The van der Waals surface area contributed by atoms with E-state index in [1.807, 2.05) is 24.9 Å². The van der Waals surface area contributed by atoms with Crippen molar-refractivity contribution < 1.29 is 4.79 Å². The molecule has 2 aromatic heterocycles. The van der Waals surface area contributed by atoms with Crippen LogP contribution >= 0.6 is 15.9 Å². The van der Waals surface area contributed by atoms with Crippen LogP contribution in [0.1, 0.15) is 32.7 Å². The SMILES string of the molecule is CC(C)C(=O)N1CCC(n2cc(Br)c3c(N)ncnc32)CC1. The van der Waals surface area contributed by atoms with Crippen molar-refractivity contribution in [3.63, 3.8) is 0 Å². The highest BCUT2D eigenvalue weighted by Crippen LogP contribution is 2.33. The lowest BCUT2D eigenvalue weighted by Gasteiger charge is -2.33. The van der Waals surface area contributed by atoms with Crippen LogP contribution in [0.2, 0.25) is 0 Å². The molecule has 118 valence electrons. The molecule has 1 aliphatic rings. The summed E-state index contributed by atoms with van der Waals surface area (Å²) in [6.45, 7) is 5.48. The van der Waals surface area contributed by atoms with E-state index in [0.717, 1.165) is 41.4 Å². The minimum absolute atomic E-state index is 0.0608. The third-order valence-electron chi connectivity index (χ3n) is 4.26. The van der Waals surface area contributed by atoms with Crippen molar-refractivity contribution in [1.82, 2.24) is 19.4 Å². The summed E-state index contributed by atoms with van der Waals surface area (Å²) >= 11 is 3.54. The second-order valence-corrected chi connectivity index (χ2v) is 6.91. The smallest absolute Gasteiger partial charge is 0.225 e. The first-order valence-electron chi connectivity index (χ1n) is 7.54. The van der Waals surface area contributed by atoms with E-state index in [9.17, 15) is 4.79 Å². The number of nitrogens with zero attached hydrogens (tertiary/aromatic N) is 4. The van der Waals surface area contributed by atoms with Crippen molar-refractivity contribution in [2.75, 3.05) is 18.8 Å². The first-order valence-corrected chi connectivity index (χ1v) is 8.33. The molecule has 3 heterocycles. The van der Waals surface area contributed by atoms with E-state index in [-0.39, 0.29) is 11.8 Å². The van der Waals surface area contributed by atoms with Gasteiger partial charge in [-0.05, 0) is 28.8 Å². The second-order valence-electron chi connectivity index (χ2n) is 6.05. The summed E-state index contributed by atoms with van der Waals surface area (Å²) in [4.78, 5) is 22.5. The largest absolute Gasteiger partial charge is 0.383 e. The lowest BCUT2D eigenvalue weighted by molar-refractivity contribution is -0.135. The van der Waals surface area contributed by atoms with Crippen molar-refractivity contribution in [3.8, 4) is 0 Å². The zero-order chi connectivity index (χ0) is 15.9. The number of amides is 1. The van der Waals surface area contributed by atoms with Crippen molar-refractivity contribution in [2.24, 2.45) is 5.92 Å². The monoisotopic (exact) mass is 365 g/mol. The summed E-state index contributed by atoms with van der Waals surface area (Å²) in [5.74, 6) is 0.789. The topological polar surface area (TPSA) is 77.0 Å². The Labute approximate surface area is 137 Å². The minimum Gasteiger partial charge on any atom is -0.383 e. The van der Waals surface area contributed by atoms with Crippen LogP contribution in [0, 0.1) is 5.92 Å². The van der Waals surface area contributed by atoms with Gasteiger partial charge >= 0.3 is 0 Å². The van der Waals surface area contributed by atoms with E-state index in [1.54, 1.807) is 0 Å². The lowest BCUT2D eigenvalue weighted by Crippen LogP contribution is -2.41. The molecule has 0 bridgehead atoms. The standard InChI is InChI=1S/C15H20BrN5O/c1-9(2)15(22)20-5-3-10(4-6-20)21-7-11(16)12-13(17)18-8-19-14(12)21/h7-10H,3-6H2,1-2H3,(H2,17,18,19). The average molecular weight is 366 g/mol. The third-order valence-corrected chi connectivity index (χ3v) is 4.86. The molecule has 7 heteroatoms. The number of carbonyl (C=O) groups is 1. The Kier molecular flexibility index (Phi) is 4.08. The molecule has 2 N–H and O–H groups in total. The highest BCUT2D eigenvalue weighted by Gasteiger charge is 2.26. The van der Waals surface area contributed by atoms with Crippen LogP contribution in [-0.2, 0) is 4.79 Å². The summed E-state index contributed by atoms with van der Waals surface area (Å²) < 4.78 is 3.08. The molecule has 6 nitrogen and oxygen atoms in total. The number of nitrogen functional groups attached to an aromatic ring is 1. The van der Waals surface area contributed by atoms with E-state index < -0.39 is 0 Å². The first kappa shape index (κ1) is 15.3. The molecule has 1 aliphatic heterocycles. The van der Waals surface area contributed by atoms with Gasteiger partial charge in [0.25, 0.3) is 0 Å². The fraction of sp³-hybridized carbons (Fsp3) is 0.533. The van der Waals surface area contributed by atoms with Crippen molar-refractivity contribution in [2.45, 2.75) is 32.7 Å². The molecule has 0 aliphatic carbocycles. The van der Waals surface area contributed by atoms with Gasteiger partial charge in [-0.3, -0.25) is 4.79 Å². The zero-order valence-corrected chi connectivity index (χ0v) is 14.4. The summed E-state index contributed by atoms with van der Waals surface area (Å²) in [6, 6.07) is 0.333. The van der Waals surface area contributed by atoms with Crippen LogP contribution in [0.4, 0.5) is 5.82 Å². The maximum absolute atomic E-state index is 12.1. The predicted molar refractivity (Wildman–Crippen MR) is 89.3 cm³/mol. The molecule has 1 amide bonds. The number of piperidine rings is 1. The number of halogens is 1. The van der Waals surface area contributed by atoms with E-state index in [1.165, 1.54) is 6.33 Å². The van der Waals surface area contributed by atoms with Gasteiger partial charge in [-0.25, -0.2) is 9.97 Å². The van der Waals surface area contributed by atoms with Crippen LogP contribution < -0.4 is 5.73 Å². The van der Waals surface area contributed by atoms with Gasteiger partial charge in [0, 0.05) is 35.7 Å². The summed E-state index contributed by atoms with van der Waals surface area (Å²) in [5.41, 5.74) is 6.80. The Hall–Kier alpha value is -1.63. The van der Waals surface area contributed by atoms with E-state index in [0.29, 0.717) is 11.9 Å². The number of carbonyl (C=O) groups excluding carboxylic acids is 1. The van der Waals surface area contributed by atoms with Crippen LogP contribution in [0.5, 0.6) is 0 Å². The second kappa shape index (κ2) is 5.87. The van der Waals surface area contributed by atoms with Gasteiger partial charge in [0.05, 0.1) is 5.39 Å². The minimum atomic E-state index is 0.0608. The number of aromatic nitrogens is 3. The molecule has 1 fully saturated rings. The van der Waals surface area contributed by atoms with Gasteiger partial charge < -0.3 is 15.2 Å². The maximum Gasteiger partial charge on any atom is 0.225 e. The van der Waals surface area contributed by atoms with Gasteiger partial charge in [-0.1, -0.05) is 13.8 Å². The molecule has 0 atom stereocenters. The number of anilines is 1. The molecule has 0 radical (unpaired) electrons. The Morgan fingerprint density at radius 3 is 2.68 bits per heavy atom. The van der Waals surface area contributed by atoms with Gasteiger partial charge in [0.15, 0.2) is 0 Å². The van der Waals surface area contributed by atoms with Gasteiger partial charge in [-0.2, -0.15) is 0 Å². The highest BCUT2D eigenvalue weighted by atomic mass is 79.9. The number of nitrogens with two attached hydrogens (primary N) is 1. The van der Waals surface area contributed by atoms with Crippen LogP contribution in [-0.4, -0.2) is 38.4 Å². The molecule has 0 unspecified atom stereocenters. The van der Waals surface area contributed by atoms with Crippen molar-refractivity contribution in [1.29, 1.82) is 0 Å². The first-order chi connectivity index (χ1) is 10.5. The molecule has 0 saturated carbocycles. The Morgan fingerprint density at radius 2 is 2.05 bits per heavy atom. The van der Waals surface area contributed by atoms with E-state index in [2.05, 4.69) is 30.5 Å². The van der Waals surface area contributed by atoms with Gasteiger partial charge in [0.1, 0.15) is 17.8 Å². The van der Waals surface area contributed by atoms with Crippen LogP contribution in [0.3, 0.4) is 0 Å². The van der Waals surface area contributed by atoms with Crippen molar-refractivity contribution in [3.05, 3.63) is 17.0 Å². The summed E-state index contributed by atoms with van der Waals surface area (Å²) in [5, 5.41) is 0.864. The Balaban J connectivity index is 1.83. The third kappa shape index (κ3) is 2.58. The molecule has 2 aromatic rings. The average Bonchev–Trinajstić information content (AvgIpc) is 2.85. The summed E-state index contributed by atoms with van der Waals surface area (Å²) in [6.07, 6.45) is 5.38. The molecule has 22 heavy (non-hydrogen) atoms. The quantitative estimate of drug-likeness (QED) is 0.886. The maximum atomic E-state index is 12.1. The predicted octanol–water partition coefficient (Wildman–Crippen LogP) is 2.60. The Bertz CT molecular complexity index is 703. The Morgan fingerprint density at radius 1 is 1.36 bits per heavy atom. The van der Waals surface area contributed by atoms with Crippen LogP contribution in [0.15, 0.2) is 17.0 Å². The van der Waals surface area contributed by atoms with Gasteiger partial charge in [0.2, 0.25) is 5.91 Å². The number of rotatable bonds is 2. The number of hydrogen-bond donors (Lipinski definition) is 1. The molecule has 3 rings (SSSR count). The lowest BCUT2D eigenvalue weighted by atomic mass is 10.0. The van der Waals surface area contributed by atoms with Gasteiger partial charge in [-0.15, -0.1) is 0 Å². The molecule has 1 saturated heterocycles. The molecule has 0 spiro atoms. The zero-order valence-electron chi connectivity index (χ0n) is 12.8. The fourth-order valence-corrected chi connectivity index (χ4v) is 3.67. The summed E-state index contributed by atoms with van der Waals surface area (Å²) in [7, 11) is 0. The molecular formula is C15H20BrN5O. The van der Waals surface area contributed by atoms with Crippen molar-refractivity contribution >= 4 is 38.7 Å². The van der Waals surface area contributed by atoms with E-state index in [4.69, 9.17) is 5.73 Å². The van der Waals surface area contributed by atoms with Crippen LogP contribution in [0.25, 0.3) is 11.0 Å². The number of hydrogen-bond acceptors (Lipinski definition) is 4. The number of likely N-dealkylation sites (tertiary alicyclic amines) is 1. The highest BCUT2D eigenvalue weighted by molar-refractivity contribution is 9.10. The molecular weight excluding hydrogens is 346 g/mol. The fourth-order valence-electron chi connectivity index (χ4n) is 3.07. The molecule has 0 aromatic carbocycles.